The van der Waals surface area contributed by atoms with Crippen LogP contribution in [0.25, 0.3) is 21.9 Å². The fourth-order valence-electron chi connectivity index (χ4n) is 2.48. The summed E-state index contributed by atoms with van der Waals surface area (Å²) >= 11 is 0. The Morgan fingerprint density at radius 1 is 0.667 bits per heavy atom. The molecule has 0 fully saturated rings. The predicted molar refractivity (Wildman–Crippen MR) is 78.9 cm³/mol. The van der Waals surface area contributed by atoms with E-state index in [-0.39, 0.29) is 0 Å². The monoisotopic (exact) mass is 232 g/mol. The van der Waals surface area contributed by atoms with E-state index in [9.17, 15) is 0 Å². The van der Waals surface area contributed by atoms with Crippen LogP contribution in [0.15, 0.2) is 60.7 Å². The molecule has 0 aliphatic rings. The maximum Gasteiger partial charge on any atom is -0.00761 e. The molecule has 3 rings (SSSR count). The van der Waals surface area contributed by atoms with E-state index in [0.717, 1.165) is 0 Å². The van der Waals surface area contributed by atoms with E-state index in [2.05, 4.69) is 74.5 Å². The van der Waals surface area contributed by atoms with Gasteiger partial charge in [0.05, 0.1) is 0 Å². The molecule has 0 atom stereocenters. The van der Waals surface area contributed by atoms with Crippen molar-refractivity contribution in [3.8, 4) is 11.1 Å². The molecule has 88 valence electrons. The second-order valence-electron chi connectivity index (χ2n) is 4.84. The number of rotatable bonds is 1. The average Bonchev–Trinajstić information content (AvgIpc) is 2.40. The van der Waals surface area contributed by atoms with Crippen molar-refractivity contribution in [3.63, 3.8) is 0 Å². The van der Waals surface area contributed by atoms with Crippen LogP contribution in [0, 0.1) is 13.8 Å². The Hall–Kier alpha value is -2.08. The molecule has 0 radical (unpaired) electrons. The van der Waals surface area contributed by atoms with Gasteiger partial charge in [-0.25, -0.2) is 0 Å². The van der Waals surface area contributed by atoms with Crippen LogP contribution in [-0.4, -0.2) is 0 Å². The van der Waals surface area contributed by atoms with Crippen molar-refractivity contribution >= 4 is 10.8 Å². The highest BCUT2D eigenvalue weighted by Gasteiger charge is 2.06. The van der Waals surface area contributed by atoms with Gasteiger partial charge in [0.2, 0.25) is 0 Å². The van der Waals surface area contributed by atoms with Gasteiger partial charge in [0.25, 0.3) is 0 Å². The van der Waals surface area contributed by atoms with Gasteiger partial charge in [-0.1, -0.05) is 66.2 Å². The van der Waals surface area contributed by atoms with Gasteiger partial charge in [0, 0.05) is 0 Å². The highest BCUT2D eigenvalue weighted by Crippen LogP contribution is 2.31. The summed E-state index contributed by atoms with van der Waals surface area (Å²) in [6.07, 6.45) is 0. The molecule has 3 aromatic carbocycles. The zero-order valence-corrected chi connectivity index (χ0v) is 10.8. The fourth-order valence-corrected chi connectivity index (χ4v) is 2.48. The maximum absolute atomic E-state index is 2.21. The third-order valence-corrected chi connectivity index (χ3v) is 3.48. The van der Waals surface area contributed by atoms with Crippen LogP contribution in [0.4, 0.5) is 0 Å². The molecule has 0 saturated heterocycles. The lowest BCUT2D eigenvalue weighted by molar-refractivity contribution is 1.45. The summed E-state index contributed by atoms with van der Waals surface area (Å²) in [5.74, 6) is 0. The molecule has 0 saturated carbocycles. The molecule has 0 spiro atoms. The van der Waals surface area contributed by atoms with Crippen molar-refractivity contribution < 1.29 is 0 Å². The third kappa shape index (κ3) is 1.80. The molecule has 0 N–H and O–H groups in total. The molecular formula is C18H16. The Bertz CT molecular complexity index is 691. The Balaban J connectivity index is 2.33. The van der Waals surface area contributed by atoms with Crippen molar-refractivity contribution in [1.82, 2.24) is 0 Å². The summed E-state index contributed by atoms with van der Waals surface area (Å²) in [4.78, 5) is 0. The second kappa shape index (κ2) is 4.30. The Morgan fingerprint density at radius 2 is 1.39 bits per heavy atom. The molecule has 18 heavy (non-hydrogen) atoms. The van der Waals surface area contributed by atoms with Crippen LogP contribution >= 0.6 is 0 Å². The number of hydrogen-bond donors (Lipinski definition) is 0. The van der Waals surface area contributed by atoms with Gasteiger partial charge < -0.3 is 0 Å². The molecule has 0 heterocycles. The lowest BCUT2D eigenvalue weighted by Crippen LogP contribution is -1.86. The Morgan fingerprint density at radius 3 is 2.17 bits per heavy atom. The van der Waals surface area contributed by atoms with Crippen LogP contribution in [0.3, 0.4) is 0 Å². The van der Waals surface area contributed by atoms with Crippen LogP contribution in [-0.2, 0) is 0 Å². The van der Waals surface area contributed by atoms with Crippen molar-refractivity contribution in [1.29, 1.82) is 0 Å². The first-order valence-corrected chi connectivity index (χ1v) is 6.31. The summed E-state index contributed by atoms with van der Waals surface area (Å²) in [7, 11) is 0. The van der Waals surface area contributed by atoms with Crippen LogP contribution in [0.5, 0.6) is 0 Å². The van der Waals surface area contributed by atoms with E-state index in [1.807, 2.05) is 0 Å². The summed E-state index contributed by atoms with van der Waals surface area (Å²) in [5.41, 5.74) is 5.29. The predicted octanol–water partition coefficient (Wildman–Crippen LogP) is 5.12. The van der Waals surface area contributed by atoms with E-state index in [4.69, 9.17) is 0 Å². The van der Waals surface area contributed by atoms with Gasteiger partial charge in [0.15, 0.2) is 0 Å². The minimum Gasteiger partial charge on any atom is -0.0616 e. The van der Waals surface area contributed by atoms with E-state index in [0.29, 0.717) is 0 Å². The Labute approximate surface area is 108 Å². The summed E-state index contributed by atoms with van der Waals surface area (Å²) in [6.45, 7) is 4.31. The highest BCUT2D eigenvalue weighted by molar-refractivity contribution is 5.98. The van der Waals surface area contributed by atoms with E-state index in [1.165, 1.54) is 33.0 Å². The van der Waals surface area contributed by atoms with Gasteiger partial charge in [-0.05, 0) is 41.3 Å². The lowest BCUT2D eigenvalue weighted by atomic mass is 9.93. The zero-order valence-electron chi connectivity index (χ0n) is 10.8. The first-order chi connectivity index (χ1) is 8.75. The third-order valence-electron chi connectivity index (χ3n) is 3.48. The normalized spacial score (nSPS) is 10.8. The molecule has 0 bridgehead atoms. The van der Waals surface area contributed by atoms with Gasteiger partial charge in [-0.15, -0.1) is 0 Å². The molecule has 0 heteroatoms. The minimum atomic E-state index is 1.30. The minimum absolute atomic E-state index is 1.30. The van der Waals surface area contributed by atoms with Crippen LogP contribution in [0.2, 0.25) is 0 Å². The highest BCUT2D eigenvalue weighted by atomic mass is 14.1. The fraction of sp³-hybridized carbons (Fsp3) is 0.111. The molecule has 0 amide bonds. The number of hydrogen-bond acceptors (Lipinski definition) is 0. The average molecular weight is 232 g/mol. The van der Waals surface area contributed by atoms with Gasteiger partial charge >= 0.3 is 0 Å². The number of aryl methyl sites for hydroxylation is 2. The van der Waals surface area contributed by atoms with Crippen molar-refractivity contribution in [2.75, 3.05) is 0 Å². The molecule has 0 aliphatic heterocycles. The lowest BCUT2D eigenvalue weighted by Gasteiger charge is -2.11. The largest absolute Gasteiger partial charge is 0.0616 e. The molecule has 3 aromatic rings. The van der Waals surface area contributed by atoms with Gasteiger partial charge in [-0.2, -0.15) is 0 Å². The van der Waals surface area contributed by atoms with Crippen molar-refractivity contribution in [2.45, 2.75) is 13.8 Å². The molecule has 0 unspecified atom stereocenters. The van der Waals surface area contributed by atoms with E-state index in [1.54, 1.807) is 0 Å². The van der Waals surface area contributed by atoms with Crippen LogP contribution < -0.4 is 0 Å². The van der Waals surface area contributed by atoms with Crippen molar-refractivity contribution in [2.24, 2.45) is 0 Å². The van der Waals surface area contributed by atoms with E-state index >= 15 is 0 Å². The van der Waals surface area contributed by atoms with E-state index < -0.39 is 0 Å². The second-order valence-corrected chi connectivity index (χ2v) is 4.84. The van der Waals surface area contributed by atoms with Gasteiger partial charge in [-0.3, -0.25) is 0 Å². The molecule has 0 aromatic heterocycles. The topological polar surface area (TPSA) is 0 Å². The summed E-state index contributed by atoms with van der Waals surface area (Å²) in [5, 5.41) is 2.64. The first-order valence-electron chi connectivity index (χ1n) is 6.31. The Kier molecular flexibility index (Phi) is 2.64. The molecule has 0 aliphatic carbocycles. The van der Waals surface area contributed by atoms with Crippen LogP contribution in [0.1, 0.15) is 11.1 Å². The standard InChI is InChI=1S/C18H16/c1-13-7-10-16(11-8-13)18-14(2)9-12-15-5-3-4-6-17(15)18/h3-12H,1-2H3. The molecule has 0 nitrogen and oxygen atoms in total. The quantitative estimate of drug-likeness (QED) is 0.546. The first kappa shape index (κ1) is 11.0. The maximum atomic E-state index is 2.21. The number of fused-ring (bicyclic) bond motifs is 1. The van der Waals surface area contributed by atoms with Gasteiger partial charge in [0.1, 0.15) is 0 Å². The van der Waals surface area contributed by atoms with Crippen molar-refractivity contribution in [3.05, 3.63) is 71.8 Å². The zero-order chi connectivity index (χ0) is 12.5. The number of benzene rings is 3. The SMILES string of the molecule is Cc1ccc(-c2c(C)ccc3ccccc23)cc1. The smallest absolute Gasteiger partial charge is 0.00761 e. The summed E-state index contributed by atoms with van der Waals surface area (Å²) in [6, 6.07) is 21.8. The molecular weight excluding hydrogens is 216 g/mol. The summed E-state index contributed by atoms with van der Waals surface area (Å²) < 4.78 is 0.